The smallest absolute Gasteiger partial charge is 0.264 e. The van der Waals surface area contributed by atoms with Gasteiger partial charge in [-0.3, -0.25) is 9.10 Å². The van der Waals surface area contributed by atoms with Crippen LogP contribution in [0.4, 0.5) is 11.4 Å². The van der Waals surface area contributed by atoms with E-state index in [9.17, 15) is 13.2 Å². The normalized spacial score (nSPS) is 11.1. The van der Waals surface area contributed by atoms with Crippen LogP contribution in [0.1, 0.15) is 10.4 Å². The molecule has 0 aliphatic rings. The van der Waals surface area contributed by atoms with Gasteiger partial charge in [-0.1, -0.05) is 51.8 Å². The molecular weight excluding hydrogens is 464 g/mol. The number of anilines is 2. The topological polar surface area (TPSA) is 66.5 Å². The number of carbonyl (C=O) groups is 1. The Labute approximate surface area is 177 Å². The van der Waals surface area contributed by atoms with Gasteiger partial charge in [-0.05, 0) is 48.5 Å². The third-order valence-electron chi connectivity index (χ3n) is 4.05. The van der Waals surface area contributed by atoms with E-state index in [1.165, 1.54) is 29.6 Å². The van der Waals surface area contributed by atoms with Crippen LogP contribution in [0, 0.1) is 0 Å². The fraction of sp³-hybridized carbons (Fsp3) is 0.0500. The molecule has 144 valence electrons. The largest absolute Gasteiger partial charge is 0.321 e. The molecule has 5 nitrogen and oxygen atoms in total. The van der Waals surface area contributed by atoms with E-state index >= 15 is 0 Å². The van der Waals surface area contributed by atoms with Gasteiger partial charge in [0.15, 0.2) is 0 Å². The first-order valence-electron chi connectivity index (χ1n) is 8.19. The molecular formula is C20H16BrClN2O3S. The summed E-state index contributed by atoms with van der Waals surface area (Å²) in [5.74, 6) is -0.455. The zero-order chi connectivity index (χ0) is 20.3. The number of amides is 1. The number of rotatable bonds is 5. The quantitative estimate of drug-likeness (QED) is 0.548. The van der Waals surface area contributed by atoms with Gasteiger partial charge in [-0.2, -0.15) is 0 Å². The molecule has 1 N–H and O–H groups in total. The van der Waals surface area contributed by atoms with Crippen molar-refractivity contribution in [1.29, 1.82) is 0 Å². The molecule has 8 heteroatoms. The van der Waals surface area contributed by atoms with Crippen LogP contribution in [-0.4, -0.2) is 21.4 Å². The Kier molecular flexibility index (Phi) is 6.07. The van der Waals surface area contributed by atoms with Crippen LogP contribution < -0.4 is 9.62 Å². The monoisotopic (exact) mass is 478 g/mol. The fourth-order valence-corrected chi connectivity index (χ4v) is 4.48. The van der Waals surface area contributed by atoms with Gasteiger partial charge in [-0.25, -0.2) is 8.42 Å². The predicted octanol–water partition coefficient (Wildman–Crippen LogP) is 5.18. The summed E-state index contributed by atoms with van der Waals surface area (Å²) in [5, 5.41) is 3.06. The maximum atomic E-state index is 12.9. The van der Waals surface area contributed by atoms with Gasteiger partial charge in [0.25, 0.3) is 15.9 Å². The molecule has 0 aromatic heterocycles. The van der Waals surface area contributed by atoms with Gasteiger partial charge in [0.05, 0.1) is 21.3 Å². The maximum Gasteiger partial charge on any atom is 0.264 e. The third-order valence-corrected chi connectivity index (χ3v) is 6.64. The lowest BCUT2D eigenvalue weighted by molar-refractivity contribution is 0.102. The Hall–Kier alpha value is -2.35. The number of nitrogens with zero attached hydrogens (tertiary/aromatic N) is 1. The van der Waals surface area contributed by atoms with Crippen LogP contribution in [0.5, 0.6) is 0 Å². The minimum Gasteiger partial charge on any atom is -0.321 e. The molecule has 0 aliphatic heterocycles. The SMILES string of the molecule is CN(c1ccccc1)S(=O)(=O)c1cccc(C(=O)Nc2ccc(Br)cc2Cl)c1. The first-order chi connectivity index (χ1) is 13.3. The first kappa shape index (κ1) is 20.4. The summed E-state index contributed by atoms with van der Waals surface area (Å²) in [6.07, 6.45) is 0. The lowest BCUT2D eigenvalue weighted by Crippen LogP contribution is -2.26. The van der Waals surface area contributed by atoms with Gasteiger partial charge in [0.1, 0.15) is 0 Å². The Morgan fingerprint density at radius 1 is 1.00 bits per heavy atom. The number of hydrogen-bond donors (Lipinski definition) is 1. The fourth-order valence-electron chi connectivity index (χ4n) is 2.52. The zero-order valence-electron chi connectivity index (χ0n) is 14.8. The van der Waals surface area contributed by atoms with Crippen molar-refractivity contribution in [2.24, 2.45) is 0 Å². The van der Waals surface area contributed by atoms with Gasteiger partial charge < -0.3 is 5.32 Å². The molecule has 3 aromatic carbocycles. The first-order valence-corrected chi connectivity index (χ1v) is 10.8. The zero-order valence-corrected chi connectivity index (χ0v) is 17.9. The van der Waals surface area contributed by atoms with Crippen molar-refractivity contribution in [2.75, 3.05) is 16.7 Å². The number of hydrogen-bond acceptors (Lipinski definition) is 3. The summed E-state index contributed by atoms with van der Waals surface area (Å²) in [7, 11) is -2.34. The summed E-state index contributed by atoms with van der Waals surface area (Å²) < 4.78 is 27.8. The number of benzene rings is 3. The maximum absolute atomic E-state index is 12.9. The second-order valence-corrected chi connectivity index (χ2v) is 9.21. The van der Waals surface area contributed by atoms with E-state index < -0.39 is 15.9 Å². The Morgan fingerprint density at radius 3 is 2.39 bits per heavy atom. The molecule has 0 atom stereocenters. The molecule has 0 aliphatic carbocycles. The van der Waals surface area contributed by atoms with E-state index in [2.05, 4.69) is 21.2 Å². The molecule has 0 bridgehead atoms. The predicted molar refractivity (Wildman–Crippen MR) is 116 cm³/mol. The van der Waals surface area contributed by atoms with Gasteiger partial charge in [0, 0.05) is 17.1 Å². The van der Waals surface area contributed by atoms with Crippen molar-refractivity contribution in [3.8, 4) is 0 Å². The summed E-state index contributed by atoms with van der Waals surface area (Å²) in [5.41, 5.74) is 1.17. The second kappa shape index (κ2) is 8.34. The van der Waals surface area contributed by atoms with Crippen LogP contribution in [0.2, 0.25) is 5.02 Å². The number of halogens is 2. The van der Waals surface area contributed by atoms with Gasteiger partial charge in [-0.15, -0.1) is 0 Å². The Balaban J connectivity index is 1.88. The van der Waals surface area contributed by atoms with Crippen LogP contribution in [0.3, 0.4) is 0 Å². The number of para-hydroxylation sites is 1. The summed E-state index contributed by atoms with van der Waals surface area (Å²) in [6, 6.07) is 19.7. The molecule has 1 amide bonds. The molecule has 0 unspecified atom stereocenters. The summed E-state index contributed by atoms with van der Waals surface area (Å²) >= 11 is 9.43. The molecule has 0 spiro atoms. The molecule has 28 heavy (non-hydrogen) atoms. The molecule has 3 rings (SSSR count). The summed E-state index contributed by atoms with van der Waals surface area (Å²) in [6.45, 7) is 0. The molecule has 0 fully saturated rings. The third kappa shape index (κ3) is 4.38. The standard InChI is InChI=1S/C20H16BrClN2O3S/c1-24(16-7-3-2-4-8-16)28(26,27)17-9-5-6-14(12-17)20(25)23-19-11-10-15(21)13-18(19)22/h2-13H,1H3,(H,23,25). The van der Waals surface area contributed by atoms with Crippen molar-refractivity contribution in [3.05, 3.63) is 87.9 Å². The van der Waals surface area contributed by atoms with Crippen molar-refractivity contribution >= 4 is 54.8 Å². The molecule has 0 heterocycles. The number of nitrogens with one attached hydrogen (secondary N) is 1. The van der Waals surface area contributed by atoms with Crippen molar-refractivity contribution in [1.82, 2.24) is 0 Å². The van der Waals surface area contributed by atoms with Crippen molar-refractivity contribution in [2.45, 2.75) is 4.90 Å². The van der Waals surface area contributed by atoms with Crippen LogP contribution in [0.25, 0.3) is 0 Å². The van der Waals surface area contributed by atoms with E-state index in [-0.39, 0.29) is 10.5 Å². The van der Waals surface area contributed by atoms with Crippen LogP contribution in [0.15, 0.2) is 82.2 Å². The van der Waals surface area contributed by atoms with Crippen LogP contribution in [-0.2, 0) is 10.0 Å². The highest BCUT2D eigenvalue weighted by Gasteiger charge is 2.22. The minimum absolute atomic E-state index is 0.0217. The minimum atomic E-state index is -3.81. The molecule has 3 aromatic rings. The lowest BCUT2D eigenvalue weighted by atomic mass is 10.2. The average molecular weight is 480 g/mol. The van der Waals surface area contributed by atoms with Crippen LogP contribution >= 0.6 is 27.5 Å². The molecule has 0 radical (unpaired) electrons. The van der Waals surface area contributed by atoms with Crippen molar-refractivity contribution < 1.29 is 13.2 Å². The average Bonchev–Trinajstić information content (AvgIpc) is 2.70. The number of sulfonamides is 1. The molecule has 0 saturated heterocycles. The van der Waals surface area contributed by atoms with E-state index in [4.69, 9.17) is 11.6 Å². The second-order valence-electron chi connectivity index (χ2n) is 5.91. The van der Waals surface area contributed by atoms with E-state index in [1.807, 2.05) is 6.07 Å². The summed E-state index contributed by atoms with van der Waals surface area (Å²) in [4.78, 5) is 12.6. The Morgan fingerprint density at radius 2 is 1.71 bits per heavy atom. The highest BCUT2D eigenvalue weighted by Crippen LogP contribution is 2.27. The highest BCUT2D eigenvalue weighted by molar-refractivity contribution is 9.10. The molecule has 0 saturated carbocycles. The van der Waals surface area contributed by atoms with E-state index in [0.29, 0.717) is 16.4 Å². The Bertz CT molecular complexity index is 1120. The van der Waals surface area contributed by atoms with E-state index in [0.717, 1.165) is 4.47 Å². The highest BCUT2D eigenvalue weighted by atomic mass is 79.9. The number of carbonyl (C=O) groups excluding carboxylic acids is 1. The van der Waals surface area contributed by atoms with E-state index in [1.54, 1.807) is 48.5 Å². The van der Waals surface area contributed by atoms with Crippen molar-refractivity contribution in [3.63, 3.8) is 0 Å². The van der Waals surface area contributed by atoms with Gasteiger partial charge in [0.2, 0.25) is 0 Å². The lowest BCUT2D eigenvalue weighted by Gasteiger charge is -2.19. The van der Waals surface area contributed by atoms with Gasteiger partial charge >= 0.3 is 0 Å².